The number of rotatable bonds is 3. The minimum atomic E-state index is -0.633. The monoisotopic (exact) mass is 259 g/mol. The first-order valence-corrected chi connectivity index (χ1v) is 7.27. The molecule has 2 unspecified atom stereocenters. The van der Waals surface area contributed by atoms with E-state index in [0.29, 0.717) is 5.92 Å². The van der Waals surface area contributed by atoms with Gasteiger partial charge in [-0.05, 0) is 49.3 Å². The molecule has 0 spiro atoms. The van der Waals surface area contributed by atoms with Gasteiger partial charge < -0.3 is 10.0 Å². The topological polar surface area (TPSA) is 40.5 Å². The highest BCUT2D eigenvalue weighted by atomic mass is 16.4. The normalized spacial score (nSPS) is 27.2. The quantitative estimate of drug-likeness (QED) is 0.906. The molecule has 1 heterocycles. The zero-order chi connectivity index (χ0) is 13.2. The summed E-state index contributed by atoms with van der Waals surface area (Å²) in [4.78, 5) is 13.3. The number of aliphatic carboxylic acids is 1. The van der Waals surface area contributed by atoms with Gasteiger partial charge in [-0.15, -0.1) is 0 Å². The predicted octanol–water partition coefficient (Wildman–Crippen LogP) is 2.51. The molecular weight excluding hydrogens is 238 g/mol. The van der Waals surface area contributed by atoms with Crippen molar-refractivity contribution in [1.29, 1.82) is 0 Å². The molecule has 0 saturated carbocycles. The maximum absolute atomic E-state index is 11.0. The second-order valence-corrected chi connectivity index (χ2v) is 5.87. The van der Waals surface area contributed by atoms with Crippen molar-refractivity contribution in [3.05, 3.63) is 35.4 Å². The van der Waals surface area contributed by atoms with E-state index < -0.39 is 5.97 Å². The molecule has 0 aromatic heterocycles. The zero-order valence-corrected chi connectivity index (χ0v) is 11.2. The van der Waals surface area contributed by atoms with Crippen LogP contribution in [0.15, 0.2) is 24.3 Å². The lowest BCUT2D eigenvalue weighted by molar-refractivity contribution is -0.141. The van der Waals surface area contributed by atoms with Crippen LogP contribution >= 0.6 is 0 Å². The van der Waals surface area contributed by atoms with Gasteiger partial charge in [0.1, 0.15) is 0 Å². The highest BCUT2D eigenvalue weighted by molar-refractivity contribution is 5.70. The van der Waals surface area contributed by atoms with Crippen molar-refractivity contribution in [1.82, 2.24) is 4.90 Å². The van der Waals surface area contributed by atoms with Crippen LogP contribution < -0.4 is 0 Å². The summed E-state index contributed by atoms with van der Waals surface area (Å²) in [5.74, 6) is -0.192. The Morgan fingerprint density at radius 1 is 1.32 bits per heavy atom. The van der Waals surface area contributed by atoms with E-state index in [4.69, 9.17) is 5.11 Å². The van der Waals surface area contributed by atoms with Gasteiger partial charge in [0.05, 0.1) is 5.92 Å². The van der Waals surface area contributed by atoms with Gasteiger partial charge >= 0.3 is 5.97 Å². The molecule has 1 N–H and O–H groups in total. The van der Waals surface area contributed by atoms with Gasteiger partial charge in [-0.1, -0.05) is 24.3 Å². The highest BCUT2D eigenvalue weighted by Crippen LogP contribution is 2.33. The molecule has 19 heavy (non-hydrogen) atoms. The molecule has 1 fully saturated rings. The summed E-state index contributed by atoms with van der Waals surface area (Å²) in [7, 11) is 0. The van der Waals surface area contributed by atoms with Crippen molar-refractivity contribution in [3.63, 3.8) is 0 Å². The minimum absolute atomic E-state index is 0.154. The number of aryl methyl sites for hydroxylation is 1. The van der Waals surface area contributed by atoms with Crippen LogP contribution in [0.3, 0.4) is 0 Å². The van der Waals surface area contributed by atoms with Gasteiger partial charge in [-0.2, -0.15) is 0 Å². The summed E-state index contributed by atoms with van der Waals surface area (Å²) in [6.07, 6.45) is 4.51. The van der Waals surface area contributed by atoms with Crippen LogP contribution in [0.25, 0.3) is 0 Å². The fourth-order valence-corrected chi connectivity index (χ4v) is 3.56. The molecule has 0 radical (unpaired) electrons. The fraction of sp³-hybridized carbons (Fsp3) is 0.562. The molecule has 2 atom stereocenters. The third kappa shape index (κ3) is 2.66. The average molecular weight is 259 g/mol. The van der Waals surface area contributed by atoms with Crippen molar-refractivity contribution in [2.24, 2.45) is 5.92 Å². The molecule has 1 aromatic carbocycles. The molecule has 3 rings (SSSR count). The maximum atomic E-state index is 11.0. The molecule has 102 valence electrons. The summed E-state index contributed by atoms with van der Waals surface area (Å²) in [6, 6.07) is 8.74. The number of benzene rings is 1. The smallest absolute Gasteiger partial charge is 0.307 e. The van der Waals surface area contributed by atoms with Crippen molar-refractivity contribution in [2.75, 3.05) is 19.6 Å². The molecular formula is C16H21NO2. The second kappa shape index (κ2) is 5.33. The van der Waals surface area contributed by atoms with Crippen LogP contribution in [0.4, 0.5) is 0 Å². The number of hydrogen-bond donors (Lipinski definition) is 1. The van der Waals surface area contributed by atoms with Crippen LogP contribution in [0.2, 0.25) is 0 Å². The van der Waals surface area contributed by atoms with Crippen LogP contribution in [-0.4, -0.2) is 35.6 Å². The zero-order valence-electron chi connectivity index (χ0n) is 11.2. The summed E-state index contributed by atoms with van der Waals surface area (Å²) in [5, 5.41) is 9.07. The Kier molecular flexibility index (Phi) is 3.56. The molecule has 1 saturated heterocycles. The van der Waals surface area contributed by atoms with E-state index in [1.54, 1.807) is 0 Å². The third-order valence-electron chi connectivity index (χ3n) is 4.59. The summed E-state index contributed by atoms with van der Waals surface area (Å²) in [6.45, 7) is 2.70. The standard InChI is InChI=1S/C16H21NO2/c18-16(19)14-8-9-17(11-14)10-13-6-3-5-12-4-1-2-7-15(12)13/h1-2,4,7,13-14H,3,5-6,8-11H2,(H,18,19). The fourth-order valence-electron chi connectivity index (χ4n) is 3.56. The predicted molar refractivity (Wildman–Crippen MR) is 74.3 cm³/mol. The minimum Gasteiger partial charge on any atom is -0.481 e. The number of likely N-dealkylation sites (tertiary alicyclic amines) is 1. The SMILES string of the molecule is O=C(O)C1CCN(CC2CCCc3ccccc32)C1. The van der Waals surface area contributed by atoms with Gasteiger partial charge in [0, 0.05) is 13.1 Å². The maximum Gasteiger partial charge on any atom is 0.307 e. The second-order valence-electron chi connectivity index (χ2n) is 5.87. The number of carboxylic acid groups (broad SMARTS) is 1. The van der Waals surface area contributed by atoms with E-state index >= 15 is 0 Å². The summed E-state index contributed by atoms with van der Waals surface area (Å²) < 4.78 is 0. The van der Waals surface area contributed by atoms with Crippen molar-refractivity contribution in [3.8, 4) is 0 Å². The first-order chi connectivity index (χ1) is 9.24. The first kappa shape index (κ1) is 12.7. The van der Waals surface area contributed by atoms with Crippen molar-refractivity contribution >= 4 is 5.97 Å². The van der Waals surface area contributed by atoms with Crippen molar-refractivity contribution < 1.29 is 9.90 Å². The molecule has 0 amide bonds. The van der Waals surface area contributed by atoms with Crippen LogP contribution in [-0.2, 0) is 11.2 Å². The Bertz CT molecular complexity index is 472. The Balaban J connectivity index is 1.67. The van der Waals surface area contributed by atoms with Gasteiger partial charge in [0.15, 0.2) is 0 Å². The lowest BCUT2D eigenvalue weighted by atomic mass is 9.82. The lowest BCUT2D eigenvalue weighted by Gasteiger charge is -2.29. The Hall–Kier alpha value is -1.35. The van der Waals surface area contributed by atoms with E-state index in [1.807, 2.05) is 0 Å². The number of fused-ring (bicyclic) bond motifs is 1. The van der Waals surface area contributed by atoms with Crippen LogP contribution in [0.1, 0.15) is 36.3 Å². The van der Waals surface area contributed by atoms with Crippen LogP contribution in [0, 0.1) is 5.92 Å². The van der Waals surface area contributed by atoms with Crippen LogP contribution in [0.5, 0.6) is 0 Å². The van der Waals surface area contributed by atoms with Gasteiger partial charge in [0.25, 0.3) is 0 Å². The molecule has 3 heteroatoms. The summed E-state index contributed by atoms with van der Waals surface area (Å²) in [5.41, 5.74) is 2.99. The Labute approximate surface area is 114 Å². The molecule has 2 aliphatic rings. The lowest BCUT2D eigenvalue weighted by Crippen LogP contribution is -2.29. The van der Waals surface area contributed by atoms with Gasteiger partial charge in [0.2, 0.25) is 0 Å². The first-order valence-electron chi connectivity index (χ1n) is 7.27. The Morgan fingerprint density at radius 3 is 2.95 bits per heavy atom. The van der Waals surface area contributed by atoms with E-state index in [-0.39, 0.29) is 5.92 Å². The third-order valence-corrected chi connectivity index (χ3v) is 4.59. The number of nitrogens with zero attached hydrogens (tertiary/aromatic N) is 1. The number of carboxylic acids is 1. The molecule has 3 nitrogen and oxygen atoms in total. The van der Waals surface area contributed by atoms with Crippen molar-refractivity contribution in [2.45, 2.75) is 31.6 Å². The molecule has 1 aliphatic heterocycles. The molecule has 1 aliphatic carbocycles. The highest BCUT2D eigenvalue weighted by Gasteiger charge is 2.30. The van der Waals surface area contributed by atoms with E-state index in [9.17, 15) is 4.79 Å². The van der Waals surface area contributed by atoms with E-state index in [1.165, 1.54) is 30.4 Å². The Morgan fingerprint density at radius 2 is 2.16 bits per heavy atom. The van der Waals surface area contributed by atoms with E-state index in [2.05, 4.69) is 29.2 Å². The molecule has 1 aromatic rings. The number of carbonyl (C=O) groups is 1. The van der Waals surface area contributed by atoms with Gasteiger partial charge in [-0.25, -0.2) is 0 Å². The average Bonchev–Trinajstić information content (AvgIpc) is 2.88. The van der Waals surface area contributed by atoms with E-state index in [0.717, 1.165) is 26.1 Å². The summed E-state index contributed by atoms with van der Waals surface area (Å²) >= 11 is 0. The van der Waals surface area contributed by atoms with Gasteiger partial charge in [-0.3, -0.25) is 4.79 Å². The number of hydrogen-bond acceptors (Lipinski definition) is 2. The largest absolute Gasteiger partial charge is 0.481 e. The molecule has 0 bridgehead atoms.